The fourth-order valence-corrected chi connectivity index (χ4v) is 1.68. The minimum atomic E-state index is -1.69. The van der Waals surface area contributed by atoms with Crippen molar-refractivity contribution < 1.29 is 20.1 Å². The minimum Gasteiger partial charge on any atom is -0.507 e. The quantitative estimate of drug-likeness (QED) is 0.722. The van der Waals surface area contributed by atoms with E-state index >= 15 is 0 Å². The number of aliphatic hydroxyl groups is 1. The van der Waals surface area contributed by atoms with Gasteiger partial charge >= 0.3 is 5.97 Å². The number of aliphatic carboxylic acids is 1. The Morgan fingerprint density at radius 2 is 1.94 bits per heavy atom. The van der Waals surface area contributed by atoms with Gasteiger partial charge in [0, 0.05) is 30.4 Å². The van der Waals surface area contributed by atoms with Gasteiger partial charge in [-0.15, -0.1) is 0 Å². The molecule has 1 rings (SSSR count). The summed E-state index contributed by atoms with van der Waals surface area (Å²) >= 11 is 0. The lowest BCUT2D eigenvalue weighted by molar-refractivity contribution is -0.147. The Bertz CT molecular complexity index is 401. The van der Waals surface area contributed by atoms with Crippen LogP contribution in [0.15, 0.2) is 18.2 Å². The molecule has 0 fully saturated rings. The molecular formula is C12H17NO4. The molecule has 0 aromatic heterocycles. The second-order valence-electron chi connectivity index (χ2n) is 3.66. The van der Waals surface area contributed by atoms with E-state index in [0.29, 0.717) is 0 Å². The Kier molecular flexibility index (Phi) is 4.34. The van der Waals surface area contributed by atoms with Gasteiger partial charge in [-0.2, -0.15) is 0 Å². The highest BCUT2D eigenvalue weighted by Crippen LogP contribution is 2.29. The lowest BCUT2D eigenvalue weighted by atomic mass is 10.1. The molecule has 0 spiro atoms. The van der Waals surface area contributed by atoms with Crippen molar-refractivity contribution in [2.45, 2.75) is 20.0 Å². The third-order valence-corrected chi connectivity index (χ3v) is 2.67. The van der Waals surface area contributed by atoms with Crippen molar-refractivity contribution in [1.82, 2.24) is 0 Å². The highest BCUT2D eigenvalue weighted by Gasteiger charge is 2.20. The Labute approximate surface area is 99.9 Å². The van der Waals surface area contributed by atoms with Crippen LogP contribution < -0.4 is 4.90 Å². The first kappa shape index (κ1) is 13.3. The van der Waals surface area contributed by atoms with Crippen molar-refractivity contribution in [2.75, 3.05) is 18.0 Å². The molecule has 1 aromatic carbocycles. The maximum atomic E-state index is 10.6. The molecule has 5 nitrogen and oxygen atoms in total. The molecule has 17 heavy (non-hydrogen) atoms. The summed E-state index contributed by atoms with van der Waals surface area (Å²) in [5, 5.41) is 27.7. The number of nitrogens with zero attached hydrogens (tertiary/aromatic N) is 1. The molecule has 94 valence electrons. The zero-order valence-electron chi connectivity index (χ0n) is 9.92. The molecule has 1 aromatic rings. The van der Waals surface area contributed by atoms with Gasteiger partial charge in [0.25, 0.3) is 0 Å². The van der Waals surface area contributed by atoms with E-state index in [2.05, 4.69) is 0 Å². The molecule has 0 bridgehead atoms. The molecule has 0 heterocycles. The Balaban J connectivity index is 3.05. The van der Waals surface area contributed by atoms with Crippen molar-refractivity contribution in [1.29, 1.82) is 0 Å². The van der Waals surface area contributed by atoms with Gasteiger partial charge in [-0.3, -0.25) is 0 Å². The van der Waals surface area contributed by atoms with Gasteiger partial charge in [-0.1, -0.05) is 6.07 Å². The standard InChI is InChI=1S/C12H17NO4/c1-3-13(4-2)8-5-6-9(10(14)7-8)11(15)12(16)17/h5-7,11,14-15H,3-4H2,1-2H3,(H,16,17). The summed E-state index contributed by atoms with van der Waals surface area (Å²) in [5.41, 5.74) is 0.808. The van der Waals surface area contributed by atoms with Crippen LogP contribution in [-0.4, -0.2) is 34.4 Å². The first-order valence-corrected chi connectivity index (χ1v) is 5.50. The van der Waals surface area contributed by atoms with Crippen molar-refractivity contribution >= 4 is 11.7 Å². The summed E-state index contributed by atoms with van der Waals surface area (Å²) in [7, 11) is 0. The van der Waals surface area contributed by atoms with Crippen LogP contribution in [0.1, 0.15) is 25.5 Å². The van der Waals surface area contributed by atoms with Crippen LogP contribution in [0.4, 0.5) is 5.69 Å². The Morgan fingerprint density at radius 1 is 1.35 bits per heavy atom. The van der Waals surface area contributed by atoms with Crippen molar-refractivity contribution in [3.05, 3.63) is 23.8 Å². The molecular weight excluding hydrogens is 222 g/mol. The van der Waals surface area contributed by atoms with E-state index in [1.54, 1.807) is 6.07 Å². The minimum absolute atomic E-state index is 0.00778. The number of carboxylic acid groups (broad SMARTS) is 1. The maximum Gasteiger partial charge on any atom is 0.337 e. The summed E-state index contributed by atoms with van der Waals surface area (Å²) in [6.07, 6.45) is -1.69. The number of carboxylic acids is 1. The van der Waals surface area contributed by atoms with Crippen LogP contribution in [0, 0.1) is 0 Å². The summed E-state index contributed by atoms with van der Waals surface area (Å²) in [6, 6.07) is 4.59. The number of hydrogen-bond acceptors (Lipinski definition) is 4. The zero-order chi connectivity index (χ0) is 13.0. The SMILES string of the molecule is CCN(CC)c1ccc(C(O)C(=O)O)c(O)c1. The highest BCUT2D eigenvalue weighted by atomic mass is 16.4. The van der Waals surface area contributed by atoms with Gasteiger partial charge in [-0.05, 0) is 19.9 Å². The van der Waals surface area contributed by atoms with E-state index in [0.717, 1.165) is 18.8 Å². The van der Waals surface area contributed by atoms with Gasteiger partial charge in [-0.25, -0.2) is 4.79 Å². The fraction of sp³-hybridized carbons (Fsp3) is 0.417. The van der Waals surface area contributed by atoms with Crippen molar-refractivity contribution in [3.8, 4) is 5.75 Å². The van der Waals surface area contributed by atoms with Crippen LogP contribution in [-0.2, 0) is 4.79 Å². The molecule has 0 aliphatic rings. The lowest BCUT2D eigenvalue weighted by Crippen LogP contribution is -2.21. The normalized spacial score (nSPS) is 12.2. The molecule has 0 aliphatic heterocycles. The predicted molar refractivity (Wildman–Crippen MR) is 64.3 cm³/mol. The number of benzene rings is 1. The van der Waals surface area contributed by atoms with Gasteiger partial charge in [0.1, 0.15) is 5.75 Å². The molecule has 3 N–H and O–H groups in total. The lowest BCUT2D eigenvalue weighted by Gasteiger charge is -2.22. The van der Waals surface area contributed by atoms with Gasteiger partial charge in [0.15, 0.2) is 6.10 Å². The van der Waals surface area contributed by atoms with Crippen LogP contribution >= 0.6 is 0 Å². The van der Waals surface area contributed by atoms with Gasteiger partial charge in [0.2, 0.25) is 0 Å². The number of anilines is 1. The monoisotopic (exact) mass is 239 g/mol. The predicted octanol–water partition coefficient (Wildman–Crippen LogP) is 1.36. The van der Waals surface area contributed by atoms with Crippen molar-refractivity contribution in [2.24, 2.45) is 0 Å². The second kappa shape index (κ2) is 5.54. The highest BCUT2D eigenvalue weighted by molar-refractivity contribution is 5.75. The molecule has 0 aliphatic carbocycles. The molecule has 5 heteroatoms. The van der Waals surface area contributed by atoms with E-state index in [9.17, 15) is 15.0 Å². The maximum absolute atomic E-state index is 10.6. The van der Waals surface area contributed by atoms with Gasteiger partial charge in [0.05, 0.1) is 0 Å². The third kappa shape index (κ3) is 2.88. The first-order valence-electron chi connectivity index (χ1n) is 5.50. The Hall–Kier alpha value is -1.75. The smallest absolute Gasteiger partial charge is 0.337 e. The first-order chi connectivity index (χ1) is 8.01. The summed E-state index contributed by atoms with van der Waals surface area (Å²) in [4.78, 5) is 12.6. The topological polar surface area (TPSA) is 81.0 Å². The molecule has 0 saturated carbocycles. The van der Waals surface area contributed by atoms with Crippen LogP contribution in [0.25, 0.3) is 0 Å². The van der Waals surface area contributed by atoms with E-state index < -0.39 is 12.1 Å². The molecule has 0 radical (unpaired) electrons. The molecule has 1 unspecified atom stereocenters. The third-order valence-electron chi connectivity index (χ3n) is 2.67. The zero-order valence-corrected chi connectivity index (χ0v) is 9.92. The average Bonchev–Trinajstić information content (AvgIpc) is 2.30. The summed E-state index contributed by atoms with van der Waals surface area (Å²) in [6.45, 7) is 5.55. The number of phenols is 1. The van der Waals surface area contributed by atoms with Gasteiger partial charge < -0.3 is 20.2 Å². The van der Waals surface area contributed by atoms with Crippen LogP contribution in [0.5, 0.6) is 5.75 Å². The number of phenolic OH excluding ortho intramolecular Hbond substituents is 1. The second-order valence-corrected chi connectivity index (χ2v) is 3.66. The molecule has 1 atom stereocenters. The average molecular weight is 239 g/mol. The van der Waals surface area contributed by atoms with Crippen LogP contribution in [0.2, 0.25) is 0 Å². The summed E-state index contributed by atoms with van der Waals surface area (Å²) < 4.78 is 0. The van der Waals surface area contributed by atoms with Crippen LogP contribution in [0.3, 0.4) is 0 Å². The van der Waals surface area contributed by atoms with E-state index in [-0.39, 0.29) is 11.3 Å². The largest absolute Gasteiger partial charge is 0.507 e. The number of carbonyl (C=O) groups is 1. The number of aromatic hydroxyl groups is 1. The van der Waals surface area contributed by atoms with E-state index in [1.807, 2.05) is 18.7 Å². The van der Waals surface area contributed by atoms with E-state index in [1.165, 1.54) is 12.1 Å². The Morgan fingerprint density at radius 3 is 2.35 bits per heavy atom. The molecule has 0 amide bonds. The summed E-state index contributed by atoms with van der Waals surface area (Å²) in [5.74, 6) is -1.58. The number of rotatable bonds is 5. The fourth-order valence-electron chi connectivity index (χ4n) is 1.68. The van der Waals surface area contributed by atoms with Crippen molar-refractivity contribution in [3.63, 3.8) is 0 Å². The number of aliphatic hydroxyl groups excluding tert-OH is 1. The number of hydrogen-bond donors (Lipinski definition) is 3. The molecule has 0 saturated heterocycles. The van der Waals surface area contributed by atoms with E-state index in [4.69, 9.17) is 5.11 Å².